The van der Waals surface area contributed by atoms with Crippen molar-refractivity contribution in [3.8, 4) is 0 Å². The standard InChI is InChI=1S/C5H15N3/c1-5(7)8-4-2-3-6/h5,8H,2-4,6-7H2,1H3. The van der Waals surface area contributed by atoms with Gasteiger partial charge in [0.05, 0.1) is 6.17 Å². The van der Waals surface area contributed by atoms with Crippen LogP contribution in [0, 0.1) is 0 Å². The quantitative estimate of drug-likeness (QED) is 0.334. The molecule has 3 nitrogen and oxygen atoms in total. The van der Waals surface area contributed by atoms with Crippen LogP contribution in [0.15, 0.2) is 0 Å². The van der Waals surface area contributed by atoms with Crippen LogP contribution in [0.2, 0.25) is 0 Å². The van der Waals surface area contributed by atoms with Crippen molar-refractivity contribution in [3.05, 3.63) is 0 Å². The minimum atomic E-state index is 0.0987. The SMILES string of the molecule is CC(N)NCCCN. The van der Waals surface area contributed by atoms with Gasteiger partial charge in [0.15, 0.2) is 0 Å². The van der Waals surface area contributed by atoms with E-state index >= 15 is 0 Å². The summed E-state index contributed by atoms with van der Waals surface area (Å²) in [5.41, 5.74) is 10.6. The van der Waals surface area contributed by atoms with Gasteiger partial charge in [0, 0.05) is 0 Å². The Labute approximate surface area is 50.4 Å². The van der Waals surface area contributed by atoms with Crippen molar-refractivity contribution >= 4 is 0 Å². The highest BCUT2D eigenvalue weighted by Crippen LogP contribution is 1.70. The molecule has 0 aromatic carbocycles. The molecular formula is C5H15N3. The summed E-state index contributed by atoms with van der Waals surface area (Å²) in [7, 11) is 0. The number of hydrogen-bond acceptors (Lipinski definition) is 3. The van der Waals surface area contributed by atoms with Gasteiger partial charge >= 0.3 is 0 Å². The summed E-state index contributed by atoms with van der Waals surface area (Å²) in [6.07, 6.45) is 1.10. The highest BCUT2D eigenvalue weighted by Gasteiger charge is 1.87. The predicted octanol–water partition coefficient (Wildman–Crippen LogP) is -0.770. The van der Waals surface area contributed by atoms with Gasteiger partial charge in [-0.2, -0.15) is 0 Å². The largest absolute Gasteiger partial charge is 0.330 e. The molecule has 0 aliphatic heterocycles. The number of rotatable bonds is 4. The second-order valence-corrected chi connectivity index (χ2v) is 1.89. The second-order valence-electron chi connectivity index (χ2n) is 1.89. The van der Waals surface area contributed by atoms with Gasteiger partial charge in [-0.25, -0.2) is 0 Å². The number of nitrogens with one attached hydrogen (secondary N) is 1. The number of nitrogens with two attached hydrogens (primary N) is 2. The third-order valence-corrected chi connectivity index (χ3v) is 0.847. The lowest BCUT2D eigenvalue weighted by molar-refractivity contribution is 0.555. The lowest BCUT2D eigenvalue weighted by atomic mass is 10.4. The van der Waals surface area contributed by atoms with E-state index in [-0.39, 0.29) is 6.17 Å². The molecule has 0 saturated heterocycles. The molecule has 8 heavy (non-hydrogen) atoms. The van der Waals surface area contributed by atoms with Gasteiger partial charge in [0.25, 0.3) is 0 Å². The normalized spacial score (nSPS) is 13.9. The number of hydrogen-bond donors (Lipinski definition) is 3. The lowest BCUT2D eigenvalue weighted by Crippen LogP contribution is -2.35. The van der Waals surface area contributed by atoms with Gasteiger partial charge < -0.3 is 16.8 Å². The summed E-state index contributed by atoms with van der Waals surface area (Å²) in [5, 5.41) is 3.04. The molecule has 1 unspecified atom stereocenters. The molecule has 0 amide bonds. The average Bonchev–Trinajstić information content (AvgIpc) is 1.66. The minimum Gasteiger partial charge on any atom is -0.330 e. The van der Waals surface area contributed by atoms with Crippen LogP contribution >= 0.6 is 0 Å². The Kier molecular flexibility index (Phi) is 4.95. The molecule has 0 aromatic rings. The molecule has 3 heteroatoms. The van der Waals surface area contributed by atoms with E-state index in [1.165, 1.54) is 0 Å². The van der Waals surface area contributed by atoms with Crippen LogP contribution in [0.3, 0.4) is 0 Å². The fraction of sp³-hybridized carbons (Fsp3) is 1.00. The maximum atomic E-state index is 5.38. The lowest BCUT2D eigenvalue weighted by Gasteiger charge is -2.05. The highest BCUT2D eigenvalue weighted by molar-refractivity contribution is 4.50. The first kappa shape index (κ1) is 7.88. The first-order valence-electron chi connectivity index (χ1n) is 2.96. The van der Waals surface area contributed by atoms with Gasteiger partial charge in [-0.3, -0.25) is 0 Å². The highest BCUT2D eigenvalue weighted by atomic mass is 15.0. The molecule has 5 N–H and O–H groups in total. The van der Waals surface area contributed by atoms with E-state index in [4.69, 9.17) is 11.5 Å². The van der Waals surface area contributed by atoms with Crippen LogP contribution in [0.5, 0.6) is 0 Å². The molecule has 0 radical (unpaired) electrons. The van der Waals surface area contributed by atoms with Crippen LogP contribution in [0.25, 0.3) is 0 Å². The Morgan fingerprint density at radius 2 is 2.25 bits per heavy atom. The summed E-state index contributed by atoms with van der Waals surface area (Å²) in [6, 6.07) is 0. The van der Waals surface area contributed by atoms with Crippen LogP contribution < -0.4 is 16.8 Å². The summed E-state index contributed by atoms with van der Waals surface area (Å²) < 4.78 is 0. The van der Waals surface area contributed by atoms with Crippen molar-refractivity contribution in [1.29, 1.82) is 0 Å². The monoisotopic (exact) mass is 117 g/mol. The van der Waals surface area contributed by atoms with E-state index in [0.717, 1.165) is 19.5 Å². The molecule has 0 bridgehead atoms. The molecule has 0 spiro atoms. The van der Waals surface area contributed by atoms with Crippen LogP contribution in [-0.4, -0.2) is 19.3 Å². The smallest absolute Gasteiger partial charge is 0.0517 e. The van der Waals surface area contributed by atoms with Crippen molar-refractivity contribution in [2.24, 2.45) is 11.5 Å². The van der Waals surface area contributed by atoms with Crippen LogP contribution in [0.4, 0.5) is 0 Å². The summed E-state index contributed by atoms with van der Waals surface area (Å²) in [5.74, 6) is 0. The summed E-state index contributed by atoms with van der Waals surface area (Å²) in [6.45, 7) is 3.57. The van der Waals surface area contributed by atoms with Crippen molar-refractivity contribution in [2.75, 3.05) is 13.1 Å². The third-order valence-electron chi connectivity index (χ3n) is 0.847. The Morgan fingerprint density at radius 1 is 1.62 bits per heavy atom. The zero-order chi connectivity index (χ0) is 6.41. The molecule has 0 aromatic heterocycles. The minimum absolute atomic E-state index is 0.0987. The van der Waals surface area contributed by atoms with Crippen molar-refractivity contribution in [3.63, 3.8) is 0 Å². The van der Waals surface area contributed by atoms with E-state index in [2.05, 4.69) is 5.32 Å². The average molecular weight is 117 g/mol. The fourth-order valence-corrected chi connectivity index (χ4v) is 0.432. The maximum Gasteiger partial charge on any atom is 0.0517 e. The molecule has 0 heterocycles. The zero-order valence-electron chi connectivity index (χ0n) is 5.35. The Hall–Kier alpha value is -0.120. The van der Waals surface area contributed by atoms with Gasteiger partial charge in [-0.05, 0) is 26.4 Å². The first-order chi connectivity index (χ1) is 3.77. The molecule has 0 fully saturated rings. The van der Waals surface area contributed by atoms with Crippen LogP contribution in [0.1, 0.15) is 13.3 Å². The molecular weight excluding hydrogens is 102 g/mol. The fourth-order valence-electron chi connectivity index (χ4n) is 0.432. The van der Waals surface area contributed by atoms with Gasteiger partial charge in [0.2, 0.25) is 0 Å². The predicted molar refractivity (Wildman–Crippen MR) is 35.3 cm³/mol. The van der Waals surface area contributed by atoms with Crippen molar-refractivity contribution in [2.45, 2.75) is 19.5 Å². The summed E-state index contributed by atoms with van der Waals surface area (Å²) >= 11 is 0. The Balaban J connectivity index is 2.72. The van der Waals surface area contributed by atoms with Crippen LogP contribution in [-0.2, 0) is 0 Å². The van der Waals surface area contributed by atoms with E-state index in [0.29, 0.717) is 0 Å². The van der Waals surface area contributed by atoms with Crippen molar-refractivity contribution in [1.82, 2.24) is 5.32 Å². The van der Waals surface area contributed by atoms with Gasteiger partial charge in [-0.15, -0.1) is 0 Å². The van der Waals surface area contributed by atoms with E-state index < -0.39 is 0 Å². The van der Waals surface area contributed by atoms with Gasteiger partial charge in [0.1, 0.15) is 0 Å². The Morgan fingerprint density at radius 3 is 2.62 bits per heavy atom. The maximum absolute atomic E-state index is 5.38. The van der Waals surface area contributed by atoms with E-state index in [1.807, 2.05) is 6.92 Å². The Bertz CT molecular complexity index is 44.9. The summed E-state index contributed by atoms with van der Waals surface area (Å²) in [4.78, 5) is 0. The molecule has 1 atom stereocenters. The molecule has 0 rings (SSSR count). The zero-order valence-corrected chi connectivity index (χ0v) is 5.35. The molecule has 0 aliphatic carbocycles. The van der Waals surface area contributed by atoms with Crippen molar-refractivity contribution < 1.29 is 0 Å². The molecule has 0 saturated carbocycles. The molecule has 0 aliphatic rings. The van der Waals surface area contributed by atoms with E-state index in [9.17, 15) is 0 Å². The third kappa shape index (κ3) is 5.88. The first-order valence-corrected chi connectivity index (χ1v) is 2.96. The van der Waals surface area contributed by atoms with E-state index in [1.54, 1.807) is 0 Å². The second kappa shape index (κ2) is 5.03. The topological polar surface area (TPSA) is 64.1 Å². The molecule has 50 valence electrons. The van der Waals surface area contributed by atoms with Gasteiger partial charge in [-0.1, -0.05) is 0 Å².